The van der Waals surface area contributed by atoms with Crippen LogP contribution in [0, 0.1) is 6.92 Å². The maximum absolute atomic E-state index is 12.8. The smallest absolute Gasteiger partial charge is 0.258 e. The van der Waals surface area contributed by atoms with Crippen LogP contribution in [0.3, 0.4) is 0 Å². The van der Waals surface area contributed by atoms with E-state index in [2.05, 4.69) is 20.9 Å². The number of halogens is 1. The molecule has 1 aliphatic rings. The highest BCUT2D eigenvalue weighted by Crippen LogP contribution is 2.23. The van der Waals surface area contributed by atoms with Crippen LogP contribution in [0.4, 0.5) is 11.4 Å². The average molecular weight is 429 g/mol. The fourth-order valence-electron chi connectivity index (χ4n) is 3.08. The number of guanidine groups is 1. The molecule has 2 aromatic rings. The van der Waals surface area contributed by atoms with Gasteiger partial charge in [-0.3, -0.25) is 14.9 Å². The Morgan fingerprint density at radius 1 is 1.20 bits per heavy atom. The number of rotatable bonds is 5. The predicted octanol–water partition coefficient (Wildman–Crippen LogP) is 3.98. The summed E-state index contributed by atoms with van der Waals surface area (Å²) in [5.74, 6) is -0.240. The van der Waals surface area contributed by atoms with E-state index in [4.69, 9.17) is 16.3 Å². The maximum atomic E-state index is 12.8. The van der Waals surface area contributed by atoms with Crippen molar-refractivity contribution < 1.29 is 14.3 Å². The Bertz CT molecular complexity index is 955. The first-order chi connectivity index (χ1) is 14.4. The van der Waals surface area contributed by atoms with Gasteiger partial charge in [0.1, 0.15) is 0 Å². The average Bonchev–Trinajstić information content (AvgIpc) is 3.23. The van der Waals surface area contributed by atoms with Crippen molar-refractivity contribution in [1.29, 1.82) is 0 Å². The summed E-state index contributed by atoms with van der Waals surface area (Å²) in [5, 5.41) is 9.28. The number of amides is 2. The molecule has 3 rings (SSSR count). The van der Waals surface area contributed by atoms with Gasteiger partial charge in [0.05, 0.1) is 12.6 Å². The van der Waals surface area contributed by atoms with Gasteiger partial charge in [-0.05, 0) is 55.7 Å². The zero-order valence-electron chi connectivity index (χ0n) is 17.0. The van der Waals surface area contributed by atoms with E-state index in [0.29, 0.717) is 28.8 Å². The summed E-state index contributed by atoms with van der Waals surface area (Å²) >= 11 is 6.22. The van der Waals surface area contributed by atoms with Crippen molar-refractivity contribution in [2.45, 2.75) is 32.8 Å². The van der Waals surface area contributed by atoms with E-state index >= 15 is 0 Å². The first-order valence-electron chi connectivity index (χ1n) is 9.79. The van der Waals surface area contributed by atoms with Gasteiger partial charge in [-0.1, -0.05) is 23.7 Å². The number of hydrogen-bond acceptors (Lipinski definition) is 4. The van der Waals surface area contributed by atoms with Gasteiger partial charge in [0.2, 0.25) is 11.9 Å². The fourth-order valence-corrected chi connectivity index (χ4v) is 3.26. The molecule has 0 bridgehead atoms. The number of hydrogen-bond donors (Lipinski definition) is 3. The van der Waals surface area contributed by atoms with Gasteiger partial charge in [0.15, 0.2) is 0 Å². The number of benzene rings is 2. The SMILES string of the molecule is CC(=O)Nc1cccc(C(=O)NC(=NCC2CCCO2)Nc2cccc(Cl)c2C)c1. The molecule has 1 atom stereocenters. The molecule has 2 amide bonds. The molecule has 0 spiro atoms. The van der Waals surface area contributed by atoms with Crippen molar-refractivity contribution in [2.75, 3.05) is 23.8 Å². The van der Waals surface area contributed by atoms with E-state index in [0.717, 1.165) is 30.7 Å². The van der Waals surface area contributed by atoms with E-state index in [1.165, 1.54) is 6.92 Å². The molecule has 1 unspecified atom stereocenters. The molecule has 1 fully saturated rings. The molecule has 2 aromatic carbocycles. The Morgan fingerprint density at radius 3 is 2.73 bits per heavy atom. The number of ether oxygens (including phenoxy) is 1. The van der Waals surface area contributed by atoms with Crippen molar-refractivity contribution >= 4 is 40.7 Å². The lowest BCUT2D eigenvalue weighted by Gasteiger charge is -2.15. The minimum atomic E-state index is -0.347. The predicted molar refractivity (Wildman–Crippen MR) is 119 cm³/mol. The summed E-state index contributed by atoms with van der Waals surface area (Å²) in [4.78, 5) is 28.7. The van der Waals surface area contributed by atoms with Crippen molar-refractivity contribution in [3.05, 3.63) is 58.6 Å². The van der Waals surface area contributed by atoms with Crippen LogP contribution >= 0.6 is 11.6 Å². The van der Waals surface area contributed by atoms with E-state index in [1.807, 2.05) is 19.1 Å². The van der Waals surface area contributed by atoms with Crippen molar-refractivity contribution in [2.24, 2.45) is 4.99 Å². The van der Waals surface area contributed by atoms with Crippen LogP contribution in [-0.2, 0) is 9.53 Å². The summed E-state index contributed by atoms with van der Waals surface area (Å²) in [6, 6.07) is 12.2. The van der Waals surface area contributed by atoms with Gasteiger partial charge >= 0.3 is 0 Å². The molecule has 1 aliphatic heterocycles. The van der Waals surface area contributed by atoms with Gasteiger partial charge in [-0.25, -0.2) is 4.99 Å². The Balaban J connectivity index is 1.79. The second kappa shape index (κ2) is 10.2. The van der Waals surface area contributed by atoms with Gasteiger partial charge in [0, 0.05) is 35.5 Å². The van der Waals surface area contributed by atoms with E-state index in [1.54, 1.807) is 30.3 Å². The number of nitrogens with one attached hydrogen (secondary N) is 3. The number of anilines is 2. The molecule has 1 heterocycles. The third-order valence-electron chi connectivity index (χ3n) is 4.67. The van der Waals surface area contributed by atoms with E-state index < -0.39 is 0 Å². The molecule has 3 N–H and O–H groups in total. The highest BCUT2D eigenvalue weighted by atomic mass is 35.5. The summed E-state index contributed by atoms with van der Waals surface area (Å²) in [6.07, 6.45) is 2.00. The van der Waals surface area contributed by atoms with Crippen LogP contribution < -0.4 is 16.0 Å². The second-order valence-electron chi connectivity index (χ2n) is 7.08. The molecule has 30 heavy (non-hydrogen) atoms. The standard InChI is InChI=1S/C22H25ClN4O3/c1-14-19(23)9-4-10-20(14)26-22(24-13-18-8-5-11-30-18)27-21(29)16-6-3-7-17(12-16)25-15(2)28/h3-4,6-7,9-10,12,18H,5,8,11,13H2,1-2H3,(H,25,28)(H2,24,26,27,29). The first-order valence-corrected chi connectivity index (χ1v) is 10.2. The van der Waals surface area contributed by atoms with Crippen molar-refractivity contribution in [1.82, 2.24) is 5.32 Å². The fraction of sp³-hybridized carbons (Fsp3) is 0.318. The molecule has 158 valence electrons. The zero-order chi connectivity index (χ0) is 21.5. The third-order valence-corrected chi connectivity index (χ3v) is 5.08. The number of carbonyl (C=O) groups excluding carboxylic acids is 2. The number of carbonyl (C=O) groups is 2. The van der Waals surface area contributed by atoms with Crippen LogP contribution in [0.1, 0.15) is 35.7 Å². The number of aliphatic imine (C=N–C) groups is 1. The second-order valence-corrected chi connectivity index (χ2v) is 7.49. The zero-order valence-corrected chi connectivity index (χ0v) is 17.8. The lowest BCUT2D eigenvalue weighted by atomic mass is 10.2. The van der Waals surface area contributed by atoms with Crippen LogP contribution in [-0.4, -0.2) is 37.0 Å². The highest BCUT2D eigenvalue weighted by Gasteiger charge is 2.17. The minimum absolute atomic E-state index is 0.0438. The van der Waals surface area contributed by atoms with Crippen LogP contribution in [0.5, 0.6) is 0 Å². The van der Waals surface area contributed by atoms with Crippen LogP contribution in [0.25, 0.3) is 0 Å². The largest absolute Gasteiger partial charge is 0.376 e. The number of nitrogens with zero attached hydrogens (tertiary/aromatic N) is 1. The summed E-state index contributed by atoms with van der Waals surface area (Å²) in [6.45, 7) is 4.48. The normalized spacial score (nSPS) is 16.2. The third kappa shape index (κ3) is 6.05. The summed E-state index contributed by atoms with van der Waals surface area (Å²) in [7, 11) is 0. The van der Waals surface area contributed by atoms with Crippen LogP contribution in [0.2, 0.25) is 5.02 Å². The monoisotopic (exact) mass is 428 g/mol. The lowest BCUT2D eigenvalue weighted by molar-refractivity contribution is -0.114. The van der Waals surface area contributed by atoms with Gasteiger partial charge in [-0.2, -0.15) is 0 Å². The highest BCUT2D eigenvalue weighted by molar-refractivity contribution is 6.31. The molecule has 8 heteroatoms. The lowest BCUT2D eigenvalue weighted by Crippen LogP contribution is -2.37. The molecular weight excluding hydrogens is 404 g/mol. The van der Waals surface area contributed by atoms with Crippen molar-refractivity contribution in [3.8, 4) is 0 Å². The first kappa shape index (κ1) is 21.8. The Morgan fingerprint density at radius 2 is 2.00 bits per heavy atom. The summed E-state index contributed by atoms with van der Waals surface area (Å²) in [5.41, 5.74) is 2.55. The van der Waals surface area contributed by atoms with E-state index in [9.17, 15) is 9.59 Å². The Hall–Kier alpha value is -2.90. The Labute approximate surface area is 180 Å². The van der Waals surface area contributed by atoms with Crippen LogP contribution in [0.15, 0.2) is 47.5 Å². The molecule has 0 saturated carbocycles. The minimum Gasteiger partial charge on any atom is -0.376 e. The maximum Gasteiger partial charge on any atom is 0.258 e. The molecular formula is C22H25ClN4O3. The van der Waals surface area contributed by atoms with Gasteiger partial charge in [0.25, 0.3) is 5.91 Å². The molecule has 0 radical (unpaired) electrons. The van der Waals surface area contributed by atoms with Gasteiger partial charge in [-0.15, -0.1) is 0 Å². The molecule has 1 saturated heterocycles. The van der Waals surface area contributed by atoms with Crippen molar-refractivity contribution in [3.63, 3.8) is 0 Å². The van der Waals surface area contributed by atoms with Gasteiger partial charge < -0.3 is 15.4 Å². The summed E-state index contributed by atoms with van der Waals surface area (Å²) < 4.78 is 5.63. The quantitative estimate of drug-likeness (QED) is 0.496. The molecule has 0 aromatic heterocycles. The molecule has 0 aliphatic carbocycles. The topological polar surface area (TPSA) is 91.8 Å². The van der Waals surface area contributed by atoms with E-state index in [-0.39, 0.29) is 17.9 Å². The molecule has 7 nitrogen and oxygen atoms in total. The Kier molecular flexibility index (Phi) is 7.43.